The van der Waals surface area contributed by atoms with Crippen LogP contribution < -0.4 is 5.48 Å². The molecule has 0 aromatic heterocycles. The van der Waals surface area contributed by atoms with E-state index in [1.807, 2.05) is 41.3 Å². The molecule has 4 rings (SSSR count). The number of likely N-dealkylation sites (tertiary alicyclic amines) is 1. The summed E-state index contributed by atoms with van der Waals surface area (Å²) in [7, 11) is 0. The number of fused-ring (bicyclic) bond motifs is 1. The molecule has 5 heteroatoms. The van der Waals surface area contributed by atoms with Gasteiger partial charge in [0.15, 0.2) is 0 Å². The summed E-state index contributed by atoms with van der Waals surface area (Å²) in [6, 6.07) is 15.4. The first-order valence-corrected chi connectivity index (χ1v) is 8.51. The third-order valence-electron chi connectivity index (χ3n) is 5.45. The molecule has 5 nitrogen and oxygen atoms in total. The smallest absolute Gasteiger partial charge is 0.274 e. The Hall–Kier alpha value is -2.66. The Morgan fingerprint density at radius 1 is 1.12 bits per heavy atom. The minimum Gasteiger partial charge on any atom is -0.338 e. The lowest BCUT2D eigenvalue weighted by molar-refractivity contribution is -0.136. The first-order valence-electron chi connectivity index (χ1n) is 8.51. The van der Waals surface area contributed by atoms with Crippen molar-refractivity contribution in [2.75, 3.05) is 6.54 Å². The number of rotatable bonds is 3. The van der Waals surface area contributed by atoms with Crippen LogP contribution in [-0.2, 0) is 24.2 Å². The first-order chi connectivity index (χ1) is 12.1. The Labute approximate surface area is 146 Å². The summed E-state index contributed by atoms with van der Waals surface area (Å²) in [6.45, 7) is 1.42. The maximum atomic E-state index is 13.1. The van der Waals surface area contributed by atoms with Gasteiger partial charge in [-0.2, -0.15) is 0 Å². The van der Waals surface area contributed by atoms with Crippen LogP contribution in [-0.4, -0.2) is 28.5 Å². The molecule has 1 atom stereocenters. The van der Waals surface area contributed by atoms with Crippen LogP contribution in [0.15, 0.2) is 48.5 Å². The standard InChI is InChI=1S/C20H20N2O3/c23-18(21-25)15-6-7-16-11-20(12-17(16)10-15)8-9-22(19(20)24)13-14-4-2-1-3-5-14/h1-7,10,25H,8-9,11-13H2,(H,21,23)/t20-/m0/s1. The van der Waals surface area contributed by atoms with E-state index in [9.17, 15) is 9.59 Å². The van der Waals surface area contributed by atoms with Crippen LogP contribution in [0.5, 0.6) is 0 Å². The van der Waals surface area contributed by atoms with E-state index in [-0.39, 0.29) is 11.3 Å². The predicted octanol–water partition coefficient (Wildman–Crippen LogP) is 2.32. The number of carbonyl (C=O) groups excluding carboxylic acids is 2. The zero-order valence-corrected chi connectivity index (χ0v) is 13.9. The molecule has 25 heavy (non-hydrogen) atoms. The van der Waals surface area contributed by atoms with Crippen molar-refractivity contribution < 1.29 is 14.8 Å². The summed E-state index contributed by atoms with van der Waals surface area (Å²) in [6.07, 6.45) is 2.24. The summed E-state index contributed by atoms with van der Waals surface area (Å²) >= 11 is 0. The topological polar surface area (TPSA) is 69.6 Å². The van der Waals surface area contributed by atoms with Crippen molar-refractivity contribution in [1.29, 1.82) is 0 Å². The lowest BCUT2D eigenvalue weighted by atomic mass is 9.83. The normalized spacial score (nSPS) is 21.6. The van der Waals surface area contributed by atoms with Crippen molar-refractivity contribution in [2.45, 2.75) is 25.8 Å². The summed E-state index contributed by atoms with van der Waals surface area (Å²) < 4.78 is 0. The first kappa shape index (κ1) is 15.8. The molecule has 0 unspecified atom stereocenters. The van der Waals surface area contributed by atoms with Crippen LogP contribution in [0.4, 0.5) is 0 Å². The summed E-state index contributed by atoms with van der Waals surface area (Å²) in [5, 5.41) is 8.80. The van der Waals surface area contributed by atoms with Crippen molar-refractivity contribution in [3.63, 3.8) is 0 Å². The Balaban J connectivity index is 1.54. The third kappa shape index (κ3) is 2.70. The van der Waals surface area contributed by atoms with Gasteiger partial charge in [0.1, 0.15) is 0 Å². The maximum Gasteiger partial charge on any atom is 0.274 e. The van der Waals surface area contributed by atoms with Gasteiger partial charge >= 0.3 is 0 Å². The highest BCUT2D eigenvalue weighted by Crippen LogP contribution is 2.45. The molecule has 2 aromatic carbocycles. The van der Waals surface area contributed by atoms with Crippen LogP contribution in [0.2, 0.25) is 0 Å². The minimum absolute atomic E-state index is 0.209. The monoisotopic (exact) mass is 336 g/mol. The van der Waals surface area contributed by atoms with E-state index in [1.54, 1.807) is 17.6 Å². The Morgan fingerprint density at radius 2 is 1.88 bits per heavy atom. The molecule has 128 valence electrons. The highest BCUT2D eigenvalue weighted by molar-refractivity contribution is 5.94. The maximum absolute atomic E-state index is 13.1. The van der Waals surface area contributed by atoms with Crippen molar-refractivity contribution >= 4 is 11.8 Å². The van der Waals surface area contributed by atoms with Crippen molar-refractivity contribution in [1.82, 2.24) is 10.4 Å². The number of hydrogen-bond acceptors (Lipinski definition) is 3. The number of hydroxylamine groups is 1. The highest BCUT2D eigenvalue weighted by atomic mass is 16.5. The van der Waals surface area contributed by atoms with Crippen LogP contribution in [0.1, 0.15) is 33.5 Å². The third-order valence-corrected chi connectivity index (χ3v) is 5.45. The van der Waals surface area contributed by atoms with E-state index in [0.717, 1.165) is 36.1 Å². The van der Waals surface area contributed by atoms with Crippen LogP contribution in [0.3, 0.4) is 0 Å². The molecule has 1 spiro atoms. The molecule has 2 aliphatic rings. The average Bonchev–Trinajstić information content (AvgIpc) is 3.16. The highest BCUT2D eigenvalue weighted by Gasteiger charge is 2.49. The van der Waals surface area contributed by atoms with Gasteiger partial charge in [-0.3, -0.25) is 14.8 Å². The fourth-order valence-electron chi connectivity index (χ4n) is 4.14. The van der Waals surface area contributed by atoms with E-state index in [4.69, 9.17) is 5.21 Å². The second-order valence-electron chi connectivity index (χ2n) is 7.02. The molecule has 2 aromatic rings. The van der Waals surface area contributed by atoms with Gasteiger partial charge in [-0.05, 0) is 48.1 Å². The molecule has 2 N–H and O–H groups in total. The molecular weight excluding hydrogens is 316 g/mol. The Bertz CT molecular complexity index is 834. The van der Waals surface area contributed by atoms with E-state index < -0.39 is 5.91 Å². The van der Waals surface area contributed by atoms with Gasteiger partial charge in [0, 0.05) is 18.7 Å². The van der Waals surface area contributed by atoms with E-state index in [1.165, 1.54) is 0 Å². The fourth-order valence-corrected chi connectivity index (χ4v) is 4.14. The summed E-state index contributed by atoms with van der Waals surface area (Å²) in [5.41, 5.74) is 5.02. The SMILES string of the molecule is O=C(NO)c1ccc2c(c1)C[C@]1(CCN(Cc3ccccc3)C1=O)C2. The Kier molecular flexibility index (Phi) is 3.81. The summed E-state index contributed by atoms with van der Waals surface area (Å²) in [4.78, 5) is 26.6. The Morgan fingerprint density at radius 3 is 2.64 bits per heavy atom. The van der Waals surface area contributed by atoms with Crippen molar-refractivity contribution in [3.8, 4) is 0 Å². The molecule has 1 aliphatic carbocycles. The van der Waals surface area contributed by atoms with Crippen LogP contribution in [0.25, 0.3) is 0 Å². The van der Waals surface area contributed by atoms with E-state index in [2.05, 4.69) is 0 Å². The average molecular weight is 336 g/mol. The molecule has 0 saturated carbocycles. The predicted molar refractivity (Wildman–Crippen MR) is 92.0 cm³/mol. The number of hydrogen-bond donors (Lipinski definition) is 2. The zero-order valence-electron chi connectivity index (χ0n) is 13.9. The van der Waals surface area contributed by atoms with Gasteiger partial charge in [0.25, 0.3) is 5.91 Å². The van der Waals surface area contributed by atoms with Crippen LogP contribution >= 0.6 is 0 Å². The van der Waals surface area contributed by atoms with E-state index >= 15 is 0 Å². The van der Waals surface area contributed by atoms with Gasteiger partial charge in [-0.25, -0.2) is 5.48 Å². The largest absolute Gasteiger partial charge is 0.338 e. The molecule has 0 bridgehead atoms. The number of nitrogens with zero attached hydrogens (tertiary/aromatic N) is 1. The zero-order chi connectivity index (χ0) is 17.4. The van der Waals surface area contributed by atoms with Gasteiger partial charge in [-0.15, -0.1) is 0 Å². The van der Waals surface area contributed by atoms with Gasteiger partial charge in [-0.1, -0.05) is 36.4 Å². The van der Waals surface area contributed by atoms with Crippen molar-refractivity contribution in [2.24, 2.45) is 5.41 Å². The molecule has 1 heterocycles. The molecular formula is C20H20N2O3. The second kappa shape index (κ2) is 6.01. The number of nitrogens with one attached hydrogen (secondary N) is 1. The number of carbonyl (C=O) groups is 2. The van der Waals surface area contributed by atoms with E-state index in [0.29, 0.717) is 18.5 Å². The summed E-state index contributed by atoms with van der Waals surface area (Å²) in [5.74, 6) is -0.312. The lowest BCUT2D eigenvalue weighted by Gasteiger charge is -2.22. The molecule has 1 saturated heterocycles. The number of benzene rings is 2. The quantitative estimate of drug-likeness (QED) is 0.668. The van der Waals surface area contributed by atoms with Crippen LogP contribution in [0, 0.1) is 5.41 Å². The van der Waals surface area contributed by atoms with Gasteiger partial charge in [0.05, 0.1) is 5.41 Å². The lowest BCUT2D eigenvalue weighted by Crippen LogP contribution is -2.34. The molecule has 1 aliphatic heterocycles. The molecule has 1 fully saturated rings. The molecule has 2 amide bonds. The minimum atomic E-state index is -0.521. The number of amides is 2. The molecule has 0 radical (unpaired) electrons. The second-order valence-corrected chi connectivity index (χ2v) is 7.02. The van der Waals surface area contributed by atoms with Gasteiger partial charge in [0.2, 0.25) is 5.91 Å². The fraction of sp³-hybridized carbons (Fsp3) is 0.300. The van der Waals surface area contributed by atoms with Crippen molar-refractivity contribution in [3.05, 3.63) is 70.8 Å². The van der Waals surface area contributed by atoms with Gasteiger partial charge < -0.3 is 4.90 Å².